The van der Waals surface area contributed by atoms with Gasteiger partial charge in [0.2, 0.25) is 0 Å². The van der Waals surface area contributed by atoms with E-state index in [1.807, 2.05) is 0 Å². The van der Waals surface area contributed by atoms with E-state index < -0.39 is 5.97 Å². The van der Waals surface area contributed by atoms with Crippen molar-refractivity contribution in [3.63, 3.8) is 0 Å². The van der Waals surface area contributed by atoms with Gasteiger partial charge in [0.25, 0.3) is 5.97 Å². The van der Waals surface area contributed by atoms with Crippen molar-refractivity contribution >= 4 is 11.7 Å². The molecule has 0 aromatic carbocycles. The first-order valence-electron chi connectivity index (χ1n) is 2.33. The van der Waals surface area contributed by atoms with Crippen molar-refractivity contribution in [2.75, 3.05) is 0 Å². The summed E-state index contributed by atoms with van der Waals surface area (Å²) in [7, 11) is 0. The molecule has 0 aliphatic heterocycles. The van der Waals surface area contributed by atoms with Gasteiger partial charge in [0.1, 0.15) is 0 Å². The molecule has 4 nitrogen and oxygen atoms in total. The van der Waals surface area contributed by atoms with Crippen LogP contribution in [0.15, 0.2) is 5.16 Å². The molecule has 9 heavy (non-hydrogen) atoms. The summed E-state index contributed by atoms with van der Waals surface area (Å²) in [6.07, 6.45) is 0. The first-order chi connectivity index (χ1) is 4.00. The van der Waals surface area contributed by atoms with Gasteiger partial charge in [0.05, 0.1) is 5.71 Å². The van der Waals surface area contributed by atoms with Gasteiger partial charge in [-0.15, -0.1) is 5.21 Å². The number of hydrogen-bond donors (Lipinski definition) is 1. The number of carboxylic acid groups (broad SMARTS) is 1. The fourth-order valence-electron chi connectivity index (χ4n) is 0. The van der Waals surface area contributed by atoms with E-state index in [1.54, 1.807) is 13.8 Å². The van der Waals surface area contributed by atoms with E-state index in [0.29, 0.717) is 5.71 Å². The highest BCUT2D eigenvalue weighted by Crippen LogP contribution is 1.64. The first kappa shape index (κ1) is 10.8. The maximum Gasteiger partial charge on any atom is 0.300 e. The summed E-state index contributed by atoms with van der Waals surface area (Å²) in [6, 6.07) is 0. The summed E-state index contributed by atoms with van der Waals surface area (Å²) < 4.78 is 0. The molecule has 0 spiro atoms. The SMILES string of the molecule is CC(=O)O.CC(C)=N[O]. The zero-order valence-electron chi connectivity index (χ0n) is 5.71. The zero-order valence-corrected chi connectivity index (χ0v) is 5.71. The lowest BCUT2D eigenvalue weighted by Gasteiger charge is -1.67. The smallest absolute Gasteiger partial charge is 0.300 e. The minimum atomic E-state index is -0.833. The van der Waals surface area contributed by atoms with E-state index in [0.717, 1.165) is 6.92 Å². The van der Waals surface area contributed by atoms with Crippen molar-refractivity contribution in [2.45, 2.75) is 20.8 Å². The van der Waals surface area contributed by atoms with Gasteiger partial charge in [-0.1, -0.05) is 0 Å². The van der Waals surface area contributed by atoms with Gasteiger partial charge >= 0.3 is 0 Å². The summed E-state index contributed by atoms with van der Waals surface area (Å²) >= 11 is 0. The Morgan fingerprint density at radius 1 is 1.33 bits per heavy atom. The van der Waals surface area contributed by atoms with Crippen molar-refractivity contribution in [1.29, 1.82) is 0 Å². The molecule has 0 fully saturated rings. The van der Waals surface area contributed by atoms with Crippen LogP contribution in [0.2, 0.25) is 0 Å². The Kier molecular flexibility index (Phi) is 8.36. The van der Waals surface area contributed by atoms with Crippen LogP contribution in [0, 0.1) is 0 Å². The van der Waals surface area contributed by atoms with Gasteiger partial charge in [-0.2, -0.15) is 0 Å². The van der Waals surface area contributed by atoms with Crippen molar-refractivity contribution < 1.29 is 15.1 Å². The highest BCUT2D eigenvalue weighted by molar-refractivity contribution is 5.78. The molecule has 0 saturated carbocycles. The molecule has 0 atom stereocenters. The molecule has 0 heterocycles. The third-order valence-corrected chi connectivity index (χ3v) is 0.183. The number of carboxylic acids is 1. The van der Waals surface area contributed by atoms with Crippen LogP contribution in [0.25, 0.3) is 0 Å². The lowest BCUT2D eigenvalue weighted by Crippen LogP contribution is -1.78. The summed E-state index contributed by atoms with van der Waals surface area (Å²) in [5.41, 5.74) is 0.574. The average molecular weight is 132 g/mol. The number of nitrogens with zero attached hydrogens (tertiary/aromatic N) is 1. The number of rotatable bonds is 0. The second-order valence-corrected chi connectivity index (χ2v) is 1.56. The quantitative estimate of drug-likeness (QED) is 0.393. The molecule has 0 aliphatic carbocycles. The largest absolute Gasteiger partial charge is 0.481 e. The third kappa shape index (κ3) is 192. The molecule has 0 aromatic rings. The standard InChI is InChI=1S/C3H6NO.C2H4O2/c1-3(2)4-5;1-2(3)4/h1-2H3;1H3,(H,3,4). The van der Waals surface area contributed by atoms with Crippen LogP contribution in [-0.4, -0.2) is 16.8 Å². The predicted octanol–water partition coefficient (Wildman–Crippen LogP) is 0.904. The minimum Gasteiger partial charge on any atom is -0.481 e. The second kappa shape index (κ2) is 6.94. The fourth-order valence-corrected chi connectivity index (χ4v) is 0. The van der Waals surface area contributed by atoms with Crippen molar-refractivity contribution in [3.8, 4) is 0 Å². The zero-order chi connectivity index (χ0) is 7.86. The molecule has 0 saturated heterocycles. The first-order valence-corrected chi connectivity index (χ1v) is 2.33. The van der Waals surface area contributed by atoms with Gasteiger partial charge in [-0.05, 0) is 19.0 Å². The molecule has 1 N–H and O–H groups in total. The van der Waals surface area contributed by atoms with Crippen molar-refractivity contribution in [2.24, 2.45) is 5.16 Å². The molecule has 0 unspecified atom stereocenters. The lowest BCUT2D eigenvalue weighted by molar-refractivity contribution is -0.134. The molecule has 4 heteroatoms. The molecule has 0 rings (SSSR count). The topological polar surface area (TPSA) is 69.6 Å². The van der Waals surface area contributed by atoms with Crippen LogP contribution in [-0.2, 0) is 10.0 Å². The maximum absolute atomic E-state index is 9.22. The molecular formula is C5H10NO3. The molecule has 0 bridgehead atoms. The number of carbonyl (C=O) groups is 1. The Labute approximate surface area is 53.8 Å². The molecule has 0 amide bonds. The summed E-state index contributed by atoms with van der Waals surface area (Å²) in [4.78, 5) is 9.00. The fraction of sp³-hybridized carbons (Fsp3) is 0.600. The van der Waals surface area contributed by atoms with Crippen molar-refractivity contribution in [1.82, 2.24) is 0 Å². The molecule has 0 aliphatic rings. The Hall–Kier alpha value is -1.06. The molecule has 53 valence electrons. The Balaban J connectivity index is 0. The van der Waals surface area contributed by atoms with Crippen LogP contribution >= 0.6 is 0 Å². The van der Waals surface area contributed by atoms with E-state index in [1.165, 1.54) is 0 Å². The van der Waals surface area contributed by atoms with Gasteiger partial charge in [0, 0.05) is 6.92 Å². The molecule has 1 radical (unpaired) electrons. The maximum atomic E-state index is 9.22. The summed E-state index contributed by atoms with van der Waals surface area (Å²) in [6.45, 7) is 4.40. The van der Waals surface area contributed by atoms with E-state index in [2.05, 4.69) is 5.16 Å². The highest BCUT2D eigenvalue weighted by atomic mass is 16.4. The normalized spacial score (nSPS) is 6.56. The van der Waals surface area contributed by atoms with E-state index in [9.17, 15) is 5.21 Å². The Morgan fingerprint density at radius 3 is 1.44 bits per heavy atom. The minimum absolute atomic E-state index is 0.574. The van der Waals surface area contributed by atoms with Crippen LogP contribution in [0.4, 0.5) is 0 Å². The lowest BCUT2D eigenvalue weighted by atomic mass is 10.5. The monoisotopic (exact) mass is 132 g/mol. The van der Waals surface area contributed by atoms with Gasteiger partial charge in [0.15, 0.2) is 0 Å². The third-order valence-electron chi connectivity index (χ3n) is 0.183. The molecule has 0 aromatic heterocycles. The van der Waals surface area contributed by atoms with Crippen LogP contribution in [0.5, 0.6) is 0 Å². The van der Waals surface area contributed by atoms with E-state index in [4.69, 9.17) is 9.90 Å². The average Bonchev–Trinajstić information content (AvgIpc) is 1.65. The summed E-state index contributed by atoms with van der Waals surface area (Å²) in [5.74, 6) is -0.833. The van der Waals surface area contributed by atoms with Crippen LogP contribution in [0.3, 0.4) is 0 Å². The molecular weight excluding hydrogens is 122 g/mol. The van der Waals surface area contributed by atoms with Gasteiger partial charge in [-0.25, -0.2) is 0 Å². The predicted molar refractivity (Wildman–Crippen MR) is 32.8 cm³/mol. The van der Waals surface area contributed by atoms with Crippen LogP contribution < -0.4 is 0 Å². The Bertz CT molecular complexity index is 101. The second-order valence-electron chi connectivity index (χ2n) is 1.56. The van der Waals surface area contributed by atoms with Gasteiger partial charge < -0.3 is 5.11 Å². The van der Waals surface area contributed by atoms with Crippen molar-refractivity contribution in [3.05, 3.63) is 0 Å². The van der Waals surface area contributed by atoms with Gasteiger partial charge in [-0.3, -0.25) is 4.79 Å². The highest BCUT2D eigenvalue weighted by Gasteiger charge is 1.67. The Morgan fingerprint density at radius 2 is 1.44 bits per heavy atom. The summed E-state index contributed by atoms with van der Waals surface area (Å²) in [5, 5.41) is 19.2. The van der Waals surface area contributed by atoms with E-state index >= 15 is 0 Å². The van der Waals surface area contributed by atoms with Crippen LogP contribution in [0.1, 0.15) is 20.8 Å². The number of hydrogen-bond acceptors (Lipinski definition) is 2. The number of aliphatic carboxylic acids is 1. The van der Waals surface area contributed by atoms with E-state index in [-0.39, 0.29) is 0 Å².